The van der Waals surface area contributed by atoms with E-state index in [1.165, 1.54) is 0 Å². The van der Waals surface area contributed by atoms with E-state index >= 15 is 0 Å². The molecule has 5 atom stereocenters. The lowest BCUT2D eigenvalue weighted by molar-refractivity contribution is -0.142. The van der Waals surface area contributed by atoms with E-state index in [1.807, 2.05) is 43.3 Å². The first-order valence-electron chi connectivity index (χ1n) is 11.9. The average Bonchev–Trinajstić information content (AvgIpc) is 3.12. The molecule has 168 valence electrons. The van der Waals surface area contributed by atoms with Crippen LogP contribution >= 0.6 is 0 Å². The van der Waals surface area contributed by atoms with Crippen LogP contribution in [0.4, 0.5) is 5.69 Å². The van der Waals surface area contributed by atoms with Crippen molar-refractivity contribution in [1.82, 2.24) is 10.2 Å². The van der Waals surface area contributed by atoms with E-state index in [0.717, 1.165) is 49.8 Å². The van der Waals surface area contributed by atoms with E-state index < -0.39 is 29.6 Å². The van der Waals surface area contributed by atoms with Crippen LogP contribution in [0.3, 0.4) is 0 Å². The van der Waals surface area contributed by atoms with Gasteiger partial charge in [-0.2, -0.15) is 0 Å². The second-order valence-corrected chi connectivity index (χ2v) is 9.97. The van der Waals surface area contributed by atoms with Crippen molar-refractivity contribution in [3.05, 3.63) is 42.0 Å². The second-order valence-electron chi connectivity index (χ2n) is 9.97. The molecule has 7 nitrogen and oxygen atoms in total. The van der Waals surface area contributed by atoms with Gasteiger partial charge in [-0.15, -0.1) is 0 Å². The number of hydrogen-bond donors (Lipinski definition) is 2. The van der Waals surface area contributed by atoms with Crippen molar-refractivity contribution in [2.45, 2.75) is 75.3 Å². The Morgan fingerprint density at radius 2 is 1.84 bits per heavy atom. The van der Waals surface area contributed by atoms with E-state index in [-0.39, 0.29) is 29.8 Å². The van der Waals surface area contributed by atoms with Gasteiger partial charge in [0.2, 0.25) is 17.7 Å². The molecule has 5 aliphatic rings. The second kappa shape index (κ2) is 7.17. The van der Waals surface area contributed by atoms with Gasteiger partial charge < -0.3 is 20.3 Å². The van der Waals surface area contributed by atoms with Crippen molar-refractivity contribution < 1.29 is 19.1 Å². The highest BCUT2D eigenvalue weighted by Crippen LogP contribution is 2.57. The van der Waals surface area contributed by atoms with Gasteiger partial charge in [-0.3, -0.25) is 14.4 Å². The molecule has 1 aromatic rings. The topological polar surface area (TPSA) is 87.7 Å². The molecule has 3 amide bonds. The predicted molar refractivity (Wildman–Crippen MR) is 118 cm³/mol. The summed E-state index contributed by atoms with van der Waals surface area (Å²) in [5.41, 5.74) is 0.639. The van der Waals surface area contributed by atoms with Crippen LogP contribution < -0.4 is 10.6 Å². The summed E-state index contributed by atoms with van der Waals surface area (Å²) >= 11 is 0. The Labute approximate surface area is 187 Å². The normalized spacial score (nSPS) is 35.4. The maximum absolute atomic E-state index is 13.7. The highest BCUT2D eigenvalue weighted by molar-refractivity contribution is 6.03. The fraction of sp³-hybridized carbons (Fsp3) is 0.560. The van der Waals surface area contributed by atoms with Crippen LogP contribution in [0, 0.1) is 18.8 Å². The third kappa shape index (κ3) is 2.86. The minimum Gasteiger partial charge on any atom is -0.359 e. The minimum atomic E-state index is -1.05. The van der Waals surface area contributed by atoms with Crippen molar-refractivity contribution >= 4 is 23.4 Å². The Morgan fingerprint density at radius 1 is 1.09 bits per heavy atom. The SMILES string of the molecule is Cc1ccccc1NC(=O)[C@@H]1[C@@H]2C=C[C@]3(O2)[C@@H]1C(=O)N(C1CC1)[C@@H]3C(=O)NC1CCCC1. The Balaban J connectivity index is 1.31. The lowest BCUT2D eigenvalue weighted by Crippen LogP contribution is -2.56. The highest BCUT2D eigenvalue weighted by Gasteiger charge is 2.74. The molecule has 1 spiro atoms. The van der Waals surface area contributed by atoms with Crippen molar-refractivity contribution in [3.63, 3.8) is 0 Å². The molecule has 7 heteroatoms. The summed E-state index contributed by atoms with van der Waals surface area (Å²) < 4.78 is 6.37. The largest absolute Gasteiger partial charge is 0.359 e. The van der Waals surface area contributed by atoms with Crippen LogP contribution in [0.15, 0.2) is 36.4 Å². The fourth-order valence-corrected chi connectivity index (χ4v) is 6.23. The average molecular weight is 436 g/mol. The van der Waals surface area contributed by atoms with Crippen LogP contribution in [-0.4, -0.2) is 52.5 Å². The van der Waals surface area contributed by atoms with Crippen LogP contribution in [0.1, 0.15) is 44.1 Å². The lowest BCUT2D eigenvalue weighted by Gasteiger charge is -2.33. The van der Waals surface area contributed by atoms with E-state index in [9.17, 15) is 14.4 Å². The van der Waals surface area contributed by atoms with Crippen molar-refractivity contribution in [3.8, 4) is 0 Å². The molecule has 6 rings (SSSR count). The van der Waals surface area contributed by atoms with Gasteiger partial charge in [-0.05, 0) is 44.2 Å². The molecule has 32 heavy (non-hydrogen) atoms. The number of hydrogen-bond acceptors (Lipinski definition) is 4. The molecule has 4 fully saturated rings. The molecule has 1 aromatic carbocycles. The number of amides is 3. The number of carbonyl (C=O) groups excluding carboxylic acids is 3. The number of ether oxygens (including phenoxy) is 1. The van der Waals surface area contributed by atoms with Gasteiger partial charge in [-0.25, -0.2) is 0 Å². The summed E-state index contributed by atoms with van der Waals surface area (Å²) in [6, 6.07) is 7.12. The maximum Gasteiger partial charge on any atom is 0.246 e. The third-order valence-electron chi connectivity index (χ3n) is 7.91. The van der Waals surface area contributed by atoms with Gasteiger partial charge in [0.25, 0.3) is 0 Å². The van der Waals surface area contributed by atoms with E-state index in [0.29, 0.717) is 0 Å². The molecule has 0 radical (unpaired) electrons. The number of aryl methyl sites for hydroxylation is 1. The van der Waals surface area contributed by atoms with Gasteiger partial charge in [0, 0.05) is 17.8 Å². The zero-order valence-electron chi connectivity index (χ0n) is 18.3. The number of carbonyl (C=O) groups is 3. The molecule has 2 saturated carbocycles. The molecule has 2 N–H and O–H groups in total. The molecule has 3 heterocycles. The number of nitrogens with one attached hydrogen (secondary N) is 2. The number of likely N-dealkylation sites (tertiary alicyclic amines) is 1. The Morgan fingerprint density at radius 3 is 2.56 bits per heavy atom. The number of benzene rings is 1. The predicted octanol–water partition coefficient (Wildman–Crippen LogP) is 2.31. The summed E-state index contributed by atoms with van der Waals surface area (Å²) in [7, 11) is 0. The van der Waals surface area contributed by atoms with Gasteiger partial charge >= 0.3 is 0 Å². The number of rotatable bonds is 5. The highest BCUT2D eigenvalue weighted by atomic mass is 16.5. The smallest absolute Gasteiger partial charge is 0.246 e. The fourth-order valence-electron chi connectivity index (χ4n) is 6.23. The molecule has 3 aliphatic heterocycles. The quantitative estimate of drug-likeness (QED) is 0.695. The van der Waals surface area contributed by atoms with Gasteiger partial charge in [0.1, 0.15) is 11.6 Å². The lowest BCUT2D eigenvalue weighted by atomic mass is 9.74. The van der Waals surface area contributed by atoms with E-state index in [1.54, 1.807) is 4.90 Å². The monoisotopic (exact) mass is 435 g/mol. The Hall–Kier alpha value is -2.67. The summed E-state index contributed by atoms with van der Waals surface area (Å²) in [5, 5.41) is 6.19. The van der Waals surface area contributed by atoms with Crippen LogP contribution in [-0.2, 0) is 19.1 Å². The zero-order chi connectivity index (χ0) is 22.0. The first kappa shape index (κ1) is 20.0. The van der Waals surface area contributed by atoms with Crippen molar-refractivity contribution in [2.75, 3.05) is 5.32 Å². The Bertz CT molecular complexity index is 1010. The minimum absolute atomic E-state index is 0.0675. The van der Waals surface area contributed by atoms with Crippen molar-refractivity contribution in [1.29, 1.82) is 0 Å². The van der Waals surface area contributed by atoms with Gasteiger partial charge in [0.15, 0.2) is 0 Å². The Kier molecular flexibility index (Phi) is 4.47. The molecule has 2 bridgehead atoms. The molecule has 0 unspecified atom stereocenters. The van der Waals surface area contributed by atoms with Crippen LogP contribution in [0.5, 0.6) is 0 Å². The summed E-state index contributed by atoms with van der Waals surface area (Å²) in [4.78, 5) is 42.3. The first-order valence-corrected chi connectivity index (χ1v) is 11.9. The number of fused-ring (bicyclic) bond motifs is 1. The molecule has 0 aromatic heterocycles. The number of anilines is 1. The van der Waals surface area contributed by atoms with Gasteiger partial charge in [0.05, 0.1) is 17.9 Å². The first-order chi connectivity index (χ1) is 15.5. The standard InChI is InChI=1S/C25H29N3O4/c1-14-6-2-5-9-17(14)27-22(29)19-18-12-13-25(32-18)20(19)24(31)28(16-10-11-16)21(25)23(30)26-15-7-3-4-8-15/h2,5-6,9,12-13,15-16,18-21H,3-4,7-8,10-11H2,1H3,(H,26,30)(H,27,29)/t18-,19+,20-,21+,25-/m0/s1. The molecular weight excluding hydrogens is 406 g/mol. The third-order valence-corrected chi connectivity index (χ3v) is 7.91. The van der Waals surface area contributed by atoms with E-state index in [2.05, 4.69) is 10.6 Å². The number of para-hydroxylation sites is 1. The summed E-state index contributed by atoms with van der Waals surface area (Å²) in [5.74, 6) is -1.78. The van der Waals surface area contributed by atoms with Gasteiger partial charge in [-0.1, -0.05) is 43.2 Å². The molecule has 2 saturated heterocycles. The number of nitrogens with zero attached hydrogens (tertiary/aromatic N) is 1. The summed E-state index contributed by atoms with van der Waals surface area (Å²) in [6.45, 7) is 1.94. The van der Waals surface area contributed by atoms with Crippen LogP contribution in [0.2, 0.25) is 0 Å². The van der Waals surface area contributed by atoms with E-state index in [4.69, 9.17) is 4.74 Å². The maximum atomic E-state index is 13.7. The zero-order valence-corrected chi connectivity index (χ0v) is 18.3. The van der Waals surface area contributed by atoms with Crippen molar-refractivity contribution in [2.24, 2.45) is 11.8 Å². The molecule has 2 aliphatic carbocycles. The molecular formula is C25H29N3O4. The summed E-state index contributed by atoms with van der Waals surface area (Å²) in [6.07, 6.45) is 9.26. The van der Waals surface area contributed by atoms with Crippen LogP contribution in [0.25, 0.3) is 0 Å².